The third kappa shape index (κ3) is 3.54. The van der Waals surface area contributed by atoms with Crippen molar-refractivity contribution >= 4 is 0 Å². The number of pyridine rings is 1. The lowest BCUT2D eigenvalue weighted by Crippen LogP contribution is -2.62. The number of piperazine rings is 1. The molecule has 0 spiro atoms. The van der Waals surface area contributed by atoms with Crippen LogP contribution in [0.15, 0.2) is 18.2 Å². The number of hydrogen-bond acceptors (Lipinski definition) is 3. The summed E-state index contributed by atoms with van der Waals surface area (Å²) in [5, 5.41) is 3.71. The number of aromatic nitrogens is 1. The lowest BCUT2D eigenvalue weighted by atomic mass is 9.92. The fourth-order valence-electron chi connectivity index (χ4n) is 2.85. The number of aryl methyl sites for hydroxylation is 1. The number of nitrogens with one attached hydrogen (secondary N) is 1. The maximum absolute atomic E-state index is 4.65. The van der Waals surface area contributed by atoms with Crippen molar-refractivity contribution in [2.45, 2.75) is 58.7 Å². The van der Waals surface area contributed by atoms with Gasteiger partial charge in [0.05, 0.1) is 5.69 Å². The highest BCUT2D eigenvalue weighted by molar-refractivity contribution is 5.10. The fraction of sp³-hybridized carbons (Fsp3) is 0.688. The molecule has 0 aromatic carbocycles. The van der Waals surface area contributed by atoms with Crippen LogP contribution in [0.5, 0.6) is 0 Å². The zero-order chi connectivity index (χ0) is 13.9. The van der Waals surface area contributed by atoms with Crippen molar-refractivity contribution < 1.29 is 0 Å². The van der Waals surface area contributed by atoms with Gasteiger partial charge in [0.1, 0.15) is 0 Å². The summed E-state index contributed by atoms with van der Waals surface area (Å²) >= 11 is 0. The van der Waals surface area contributed by atoms with E-state index in [0.717, 1.165) is 25.3 Å². The SMILES string of the molecule is CCC1CNC(C)(CC)CN1Cc1cccc(C)n1. The van der Waals surface area contributed by atoms with Crippen LogP contribution < -0.4 is 5.32 Å². The highest BCUT2D eigenvalue weighted by Crippen LogP contribution is 2.22. The first-order valence-electron chi connectivity index (χ1n) is 7.48. The summed E-state index contributed by atoms with van der Waals surface area (Å²) in [6.07, 6.45) is 2.36. The van der Waals surface area contributed by atoms with E-state index >= 15 is 0 Å². The molecule has 1 N–H and O–H groups in total. The van der Waals surface area contributed by atoms with Crippen molar-refractivity contribution in [2.24, 2.45) is 0 Å². The first-order chi connectivity index (χ1) is 9.06. The van der Waals surface area contributed by atoms with Crippen LogP contribution in [0.25, 0.3) is 0 Å². The highest BCUT2D eigenvalue weighted by Gasteiger charge is 2.33. The van der Waals surface area contributed by atoms with Gasteiger partial charge < -0.3 is 5.32 Å². The Hall–Kier alpha value is -0.930. The highest BCUT2D eigenvalue weighted by atomic mass is 15.3. The maximum atomic E-state index is 4.65. The van der Waals surface area contributed by atoms with Gasteiger partial charge in [0.15, 0.2) is 0 Å². The molecule has 1 aliphatic rings. The number of nitrogens with zero attached hydrogens (tertiary/aromatic N) is 2. The Morgan fingerprint density at radius 3 is 2.84 bits per heavy atom. The topological polar surface area (TPSA) is 28.2 Å². The van der Waals surface area contributed by atoms with Gasteiger partial charge in [-0.25, -0.2) is 0 Å². The van der Waals surface area contributed by atoms with Gasteiger partial charge in [0, 0.05) is 36.9 Å². The van der Waals surface area contributed by atoms with Gasteiger partial charge in [-0.1, -0.05) is 19.9 Å². The number of hydrogen-bond donors (Lipinski definition) is 1. The lowest BCUT2D eigenvalue weighted by Gasteiger charge is -2.45. The second-order valence-electron chi connectivity index (χ2n) is 6.03. The van der Waals surface area contributed by atoms with Crippen LogP contribution in [0.1, 0.15) is 45.0 Å². The van der Waals surface area contributed by atoms with Crippen LogP contribution in [0.4, 0.5) is 0 Å². The Labute approximate surface area is 117 Å². The molecule has 2 rings (SSSR count). The van der Waals surface area contributed by atoms with E-state index in [4.69, 9.17) is 0 Å². The molecule has 19 heavy (non-hydrogen) atoms. The van der Waals surface area contributed by atoms with Crippen LogP contribution in [0.3, 0.4) is 0 Å². The third-order valence-corrected chi connectivity index (χ3v) is 4.40. The maximum Gasteiger partial charge on any atom is 0.0547 e. The first-order valence-corrected chi connectivity index (χ1v) is 7.48. The zero-order valence-corrected chi connectivity index (χ0v) is 12.7. The quantitative estimate of drug-likeness (QED) is 0.903. The van der Waals surface area contributed by atoms with Crippen LogP contribution in [0.2, 0.25) is 0 Å². The summed E-state index contributed by atoms with van der Waals surface area (Å²) in [6.45, 7) is 12.1. The normalized spacial score (nSPS) is 28.5. The average Bonchev–Trinajstić information content (AvgIpc) is 2.39. The van der Waals surface area contributed by atoms with Gasteiger partial charge in [-0.15, -0.1) is 0 Å². The minimum Gasteiger partial charge on any atom is -0.309 e. The molecule has 1 aromatic heterocycles. The summed E-state index contributed by atoms with van der Waals surface area (Å²) in [5.41, 5.74) is 2.55. The summed E-state index contributed by atoms with van der Waals surface area (Å²) in [4.78, 5) is 7.25. The van der Waals surface area contributed by atoms with E-state index in [9.17, 15) is 0 Å². The predicted molar refractivity (Wildman–Crippen MR) is 80.2 cm³/mol. The minimum absolute atomic E-state index is 0.246. The summed E-state index contributed by atoms with van der Waals surface area (Å²) in [7, 11) is 0. The van der Waals surface area contributed by atoms with Crippen molar-refractivity contribution in [2.75, 3.05) is 13.1 Å². The Kier molecular flexibility index (Phi) is 4.58. The lowest BCUT2D eigenvalue weighted by molar-refractivity contribution is 0.0744. The van der Waals surface area contributed by atoms with Crippen molar-refractivity contribution in [1.82, 2.24) is 15.2 Å². The van der Waals surface area contributed by atoms with E-state index in [2.05, 4.69) is 61.1 Å². The predicted octanol–water partition coefficient (Wildman–Crippen LogP) is 2.74. The standard InChI is InChI=1S/C16H27N3/c1-5-15-10-17-16(4,6-2)12-19(15)11-14-9-7-8-13(3)18-14/h7-9,15,17H,5-6,10-12H2,1-4H3. The summed E-state index contributed by atoms with van der Waals surface area (Å²) in [5.74, 6) is 0. The Morgan fingerprint density at radius 1 is 1.42 bits per heavy atom. The molecule has 0 amide bonds. The second kappa shape index (κ2) is 6.02. The first kappa shape index (κ1) is 14.5. The molecular weight excluding hydrogens is 234 g/mol. The molecule has 2 unspecified atom stereocenters. The van der Waals surface area contributed by atoms with E-state index in [1.54, 1.807) is 0 Å². The van der Waals surface area contributed by atoms with Crippen LogP contribution in [-0.2, 0) is 6.54 Å². The van der Waals surface area contributed by atoms with Gasteiger partial charge in [0.25, 0.3) is 0 Å². The zero-order valence-electron chi connectivity index (χ0n) is 12.7. The molecule has 1 aromatic rings. The van der Waals surface area contributed by atoms with Crippen LogP contribution >= 0.6 is 0 Å². The van der Waals surface area contributed by atoms with E-state index in [1.165, 1.54) is 18.5 Å². The molecule has 0 bridgehead atoms. The molecule has 1 aliphatic heterocycles. The molecule has 1 saturated heterocycles. The van der Waals surface area contributed by atoms with Crippen molar-refractivity contribution in [3.63, 3.8) is 0 Å². The van der Waals surface area contributed by atoms with E-state index in [1.807, 2.05) is 0 Å². The van der Waals surface area contributed by atoms with Crippen molar-refractivity contribution in [3.8, 4) is 0 Å². The van der Waals surface area contributed by atoms with Gasteiger partial charge in [0.2, 0.25) is 0 Å². The van der Waals surface area contributed by atoms with E-state index in [-0.39, 0.29) is 5.54 Å². The molecule has 1 fully saturated rings. The van der Waals surface area contributed by atoms with Crippen LogP contribution in [-0.4, -0.2) is 34.6 Å². The second-order valence-corrected chi connectivity index (χ2v) is 6.03. The molecule has 0 saturated carbocycles. The molecule has 106 valence electrons. The smallest absolute Gasteiger partial charge is 0.0547 e. The molecule has 2 atom stereocenters. The summed E-state index contributed by atoms with van der Waals surface area (Å²) < 4.78 is 0. The van der Waals surface area contributed by atoms with E-state index < -0.39 is 0 Å². The molecule has 3 nitrogen and oxygen atoms in total. The van der Waals surface area contributed by atoms with Gasteiger partial charge in [-0.3, -0.25) is 9.88 Å². The van der Waals surface area contributed by atoms with Crippen molar-refractivity contribution in [1.29, 1.82) is 0 Å². The largest absolute Gasteiger partial charge is 0.309 e. The average molecular weight is 261 g/mol. The molecule has 2 heterocycles. The van der Waals surface area contributed by atoms with Gasteiger partial charge in [-0.2, -0.15) is 0 Å². The Bertz CT molecular complexity index is 418. The molecular formula is C16H27N3. The minimum atomic E-state index is 0.246. The summed E-state index contributed by atoms with van der Waals surface area (Å²) in [6, 6.07) is 6.95. The molecule has 0 radical (unpaired) electrons. The van der Waals surface area contributed by atoms with E-state index in [0.29, 0.717) is 6.04 Å². The fourth-order valence-corrected chi connectivity index (χ4v) is 2.85. The number of rotatable bonds is 4. The Balaban J connectivity index is 2.10. The third-order valence-electron chi connectivity index (χ3n) is 4.40. The van der Waals surface area contributed by atoms with Gasteiger partial charge in [-0.05, 0) is 38.8 Å². The van der Waals surface area contributed by atoms with Gasteiger partial charge >= 0.3 is 0 Å². The molecule has 0 aliphatic carbocycles. The Morgan fingerprint density at radius 2 is 2.21 bits per heavy atom. The van der Waals surface area contributed by atoms with Crippen molar-refractivity contribution in [3.05, 3.63) is 29.6 Å². The monoisotopic (exact) mass is 261 g/mol. The molecule has 3 heteroatoms. The van der Waals surface area contributed by atoms with Crippen LogP contribution in [0, 0.1) is 6.92 Å².